The van der Waals surface area contributed by atoms with E-state index >= 15 is 0 Å². The maximum atomic E-state index is 12.0. The number of rotatable bonds is 4. The van der Waals surface area contributed by atoms with Crippen molar-refractivity contribution in [2.45, 2.75) is 44.6 Å². The van der Waals surface area contributed by atoms with Crippen LogP contribution in [0.15, 0.2) is 24.3 Å². The minimum Gasteiger partial charge on any atom is -0.467 e. The van der Waals surface area contributed by atoms with Gasteiger partial charge in [-0.2, -0.15) is 0 Å². The molecule has 0 saturated heterocycles. The lowest BCUT2D eigenvalue weighted by Crippen LogP contribution is -2.42. The fourth-order valence-corrected chi connectivity index (χ4v) is 3.05. The fourth-order valence-electron chi connectivity index (χ4n) is 3.05. The molecule has 0 radical (unpaired) electrons. The molecule has 0 bridgehead atoms. The third-order valence-electron chi connectivity index (χ3n) is 4.04. The number of fused-ring (bicyclic) bond motifs is 1. The van der Waals surface area contributed by atoms with E-state index in [-0.39, 0.29) is 5.92 Å². The first-order chi connectivity index (χ1) is 10.7. The fraction of sp³-hybridized carbons (Fsp3) is 0.444. The first-order valence-corrected chi connectivity index (χ1v) is 7.54. The van der Waals surface area contributed by atoms with E-state index in [0.29, 0.717) is 6.42 Å². The van der Waals surface area contributed by atoms with Crippen LogP contribution in [-0.4, -0.2) is 25.0 Å². The molecule has 1 aromatic rings. The van der Waals surface area contributed by atoms with Gasteiger partial charge in [-0.05, 0) is 55.6 Å². The molecule has 0 heterocycles. The van der Waals surface area contributed by atoms with E-state index in [1.165, 1.54) is 18.2 Å². The Bertz CT molecular complexity index is 612. The summed E-state index contributed by atoms with van der Waals surface area (Å²) in [6, 6.07) is 7.65. The van der Waals surface area contributed by atoms with Gasteiger partial charge >= 0.3 is 5.97 Å². The zero-order valence-electron chi connectivity index (χ0n) is 13.0. The van der Waals surface area contributed by atoms with Gasteiger partial charge in [-0.1, -0.05) is 30.2 Å². The second-order valence-corrected chi connectivity index (χ2v) is 5.45. The van der Waals surface area contributed by atoms with Gasteiger partial charge in [-0.25, -0.2) is 4.79 Å². The summed E-state index contributed by atoms with van der Waals surface area (Å²) in [6.45, 7) is 1.59. The van der Waals surface area contributed by atoms with Crippen LogP contribution >= 0.6 is 0 Å². The van der Waals surface area contributed by atoms with Crippen molar-refractivity contribution in [3.05, 3.63) is 35.4 Å². The summed E-state index contributed by atoms with van der Waals surface area (Å²) >= 11 is 0. The van der Waals surface area contributed by atoms with Crippen LogP contribution in [0.2, 0.25) is 0 Å². The average molecular weight is 299 g/mol. The molecule has 2 unspecified atom stereocenters. The number of esters is 1. The topological polar surface area (TPSA) is 55.4 Å². The van der Waals surface area contributed by atoms with Gasteiger partial charge in [-0.15, -0.1) is 0 Å². The van der Waals surface area contributed by atoms with Crippen molar-refractivity contribution in [3.8, 4) is 11.8 Å². The summed E-state index contributed by atoms with van der Waals surface area (Å²) in [5.74, 6) is 4.33. The van der Waals surface area contributed by atoms with Gasteiger partial charge in [0.25, 0.3) is 5.91 Å². The Hall–Kier alpha value is -2.28. The molecule has 2 atom stereocenters. The van der Waals surface area contributed by atoms with Gasteiger partial charge in [0.1, 0.15) is 6.04 Å². The molecule has 0 aromatic heterocycles. The number of hydrogen-bond acceptors (Lipinski definition) is 3. The lowest BCUT2D eigenvalue weighted by molar-refractivity contribution is -0.144. The van der Waals surface area contributed by atoms with Crippen molar-refractivity contribution >= 4 is 11.9 Å². The van der Waals surface area contributed by atoms with E-state index in [1.807, 2.05) is 12.1 Å². The van der Waals surface area contributed by atoms with Crippen molar-refractivity contribution in [2.24, 2.45) is 0 Å². The van der Waals surface area contributed by atoms with E-state index < -0.39 is 17.9 Å². The molecular formula is C18H21NO3. The van der Waals surface area contributed by atoms with Crippen LogP contribution < -0.4 is 5.32 Å². The summed E-state index contributed by atoms with van der Waals surface area (Å²) in [5, 5.41) is 2.66. The number of hydrogen-bond donors (Lipinski definition) is 1. The maximum Gasteiger partial charge on any atom is 0.328 e. The number of amides is 1. The minimum absolute atomic E-state index is 0.254. The first-order valence-electron chi connectivity index (χ1n) is 7.54. The van der Waals surface area contributed by atoms with Crippen LogP contribution in [0.1, 0.15) is 43.2 Å². The Kier molecular flexibility index (Phi) is 5.60. The molecule has 0 fully saturated rings. The molecule has 4 nitrogen and oxygen atoms in total. The van der Waals surface area contributed by atoms with E-state index in [4.69, 9.17) is 4.74 Å². The summed E-state index contributed by atoms with van der Waals surface area (Å²) in [7, 11) is 1.34. The lowest BCUT2D eigenvalue weighted by atomic mass is 9.79. The number of aryl methyl sites for hydroxylation is 1. The predicted molar refractivity (Wildman–Crippen MR) is 84.1 cm³/mol. The predicted octanol–water partition coefficient (Wildman–Crippen LogP) is 2.18. The van der Waals surface area contributed by atoms with Crippen LogP contribution in [0.3, 0.4) is 0 Å². The molecule has 2 rings (SSSR count). The third kappa shape index (κ3) is 3.88. The highest BCUT2D eigenvalue weighted by Gasteiger charge is 2.28. The number of carbonyl (C=O) groups is 2. The standard InChI is InChI=1S/C18H21NO3/c1-3-7-17(20)19-16(18(21)22-2)12-14-10-6-9-13-8-4-5-11-15(13)14/h4-5,8,11,14,16H,6,9-10,12H2,1-2H3,(H,19,20). The number of benzene rings is 1. The molecule has 22 heavy (non-hydrogen) atoms. The Balaban J connectivity index is 2.15. The van der Waals surface area contributed by atoms with Gasteiger partial charge in [0.2, 0.25) is 0 Å². The minimum atomic E-state index is -0.658. The Labute approximate surface area is 131 Å². The third-order valence-corrected chi connectivity index (χ3v) is 4.04. The highest BCUT2D eigenvalue weighted by atomic mass is 16.5. The number of nitrogens with one attached hydrogen (secondary N) is 1. The van der Waals surface area contributed by atoms with Gasteiger partial charge < -0.3 is 10.1 Å². The maximum absolute atomic E-state index is 12.0. The molecule has 0 aliphatic heterocycles. The van der Waals surface area contributed by atoms with E-state index in [2.05, 4.69) is 29.3 Å². The van der Waals surface area contributed by atoms with Crippen molar-refractivity contribution in [1.29, 1.82) is 0 Å². The van der Waals surface area contributed by atoms with Crippen LogP contribution in [0.4, 0.5) is 0 Å². The molecular weight excluding hydrogens is 278 g/mol. The quantitative estimate of drug-likeness (QED) is 0.685. The van der Waals surface area contributed by atoms with Crippen LogP contribution in [0, 0.1) is 11.8 Å². The molecule has 1 N–H and O–H groups in total. The molecule has 1 aromatic carbocycles. The SMILES string of the molecule is CC#CC(=O)NC(CC1CCCc2ccccc21)C(=O)OC. The van der Waals surface area contributed by atoms with E-state index in [1.54, 1.807) is 6.92 Å². The Morgan fingerprint density at radius 2 is 2.18 bits per heavy atom. The molecule has 116 valence electrons. The van der Waals surface area contributed by atoms with Crippen LogP contribution in [0.5, 0.6) is 0 Å². The highest BCUT2D eigenvalue weighted by molar-refractivity contribution is 5.96. The van der Waals surface area contributed by atoms with Crippen molar-refractivity contribution < 1.29 is 14.3 Å². The molecule has 0 spiro atoms. The van der Waals surface area contributed by atoms with Crippen molar-refractivity contribution in [1.82, 2.24) is 5.32 Å². The average Bonchev–Trinajstić information content (AvgIpc) is 2.54. The summed E-state index contributed by atoms with van der Waals surface area (Å²) in [6.07, 6.45) is 3.72. The van der Waals surface area contributed by atoms with Crippen molar-refractivity contribution in [2.75, 3.05) is 7.11 Å². The lowest BCUT2D eigenvalue weighted by Gasteiger charge is -2.28. The highest BCUT2D eigenvalue weighted by Crippen LogP contribution is 2.34. The first kappa shape index (κ1) is 16.1. The molecule has 1 aliphatic rings. The summed E-state index contributed by atoms with van der Waals surface area (Å²) in [4.78, 5) is 23.6. The monoisotopic (exact) mass is 299 g/mol. The number of methoxy groups -OCH3 is 1. The zero-order chi connectivity index (χ0) is 15.9. The number of carbonyl (C=O) groups excluding carboxylic acids is 2. The van der Waals surface area contributed by atoms with E-state index in [0.717, 1.165) is 19.3 Å². The van der Waals surface area contributed by atoms with Crippen LogP contribution in [0.25, 0.3) is 0 Å². The molecule has 1 amide bonds. The van der Waals surface area contributed by atoms with Crippen LogP contribution in [-0.2, 0) is 20.7 Å². The van der Waals surface area contributed by atoms with Gasteiger partial charge in [0, 0.05) is 0 Å². The second-order valence-electron chi connectivity index (χ2n) is 5.45. The zero-order valence-corrected chi connectivity index (χ0v) is 13.0. The van der Waals surface area contributed by atoms with Gasteiger partial charge in [0.05, 0.1) is 7.11 Å². The largest absolute Gasteiger partial charge is 0.467 e. The normalized spacial score (nSPS) is 17.5. The summed E-state index contributed by atoms with van der Waals surface area (Å²) < 4.78 is 4.82. The molecule has 4 heteroatoms. The molecule has 0 saturated carbocycles. The smallest absolute Gasteiger partial charge is 0.328 e. The number of ether oxygens (including phenoxy) is 1. The van der Waals surface area contributed by atoms with Gasteiger partial charge in [0.15, 0.2) is 0 Å². The second kappa shape index (κ2) is 7.65. The molecule has 1 aliphatic carbocycles. The Morgan fingerprint density at radius 1 is 1.41 bits per heavy atom. The Morgan fingerprint density at radius 3 is 2.91 bits per heavy atom. The van der Waals surface area contributed by atoms with E-state index in [9.17, 15) is 9.59 Å². The van der Waals surface area contributed by atoms with Crippen molar-refractivity contribution in [3.63, 3.8) is 0 Å². The van der Waals surface area contributed by atoms with Gasteiger partial charge in [-0.3, -0.25) is 4.79 Å². The summed E-state index contributed by atoms with van der Waals surface area (Å²) in [5.41, 5.74) is 2.61.